The minimum absolute atomic E-state index is 0.255. The summed E-state index contributed by atoms with van der Waals surface area (Å²) in [7, 11) is 1.52. The van der Waals surface area contributed by atoms with Crippen molar-refractivity contribution in [1.82, 2.24) is 0 Å². The van der Waals surface area contributed by atoms with Gasteiger partial charge in [0, 0.05) is 5.69 Å². The highest BCUT2D eigenvalue weighted by Gasteiger charge is 2.41. The maximum Gasteiger partial charge on any atom is 0.282 e. The van der Waals surface area contributed by atoms with Gasteiger partial charge in [0.1, 0.15) is 11.4 Å². The second kappa shape index (κ2) is 7.87. The van der Waals surface area contributed by atoms with Gasteiger partial charge in [0.15, 0.2) is 0 Å². The van der Waals surface area contributed by atoms with Gasteiger partial charge in [-0.2, -0.15) is 0 Å². The van der Waals surface area contributed by atoms with E-state index in [1.165, 1.54) is 12.0 Å². The zero-order valence-corrected chi connectivity index (χ0v) is 17.1. The molecule has 0 unspecified atom stereocenters. The monoisotopic (exact) mass is 398 g/mol. The maximum absolute atomic E-state index is 13.5. The Morgan fingerprint density at radius 1 is 0.800 bits per heavy atom. The van der Waals surface area contributed by atoms with E-state index in [0.717, 1.165) is 16.8 Å². The first-order valence-electron chi connectivity index (χ1n) is 9.67. The number of amides is 2. The van der Waals surface area contributed by atoms with E-state index < -0.39 is 5.91 Å². The fraction of sp³-hybridized carbons (Fsp3) is 0.120. The molecule has 5 heteroatoms. The van der Waals surface area contributed by atoms with Crippen molar-refractivity contribution < 1.29 is 14.3 Å². The molecule has 0 fully saturated rings. The zero-order valence-electron chi connectivity index (χ0n) is 17.1. The van der Waals surface area contributed by atoms with Gasteiger partial charge in [-0.1, -0.05) is 54.6 Å². The van der Waals surface area contributed by atoms with Crippen molar-refractivity contribution in [2.45, 2.75) is 13.8 Å². The quantitative estimate of drug-likeness (QED) is 0.633. The van der Waals surface area contributed by atoms with Gasteiger partial charge >= 0.3 is 0 Å². The van der Waals surface area contributed by atoms with E-state index in [4.69, 9.17) is 4.74 Å². The molecule has 4 rings (SSSR count). The Morgan fingerprint density at radius 2 is 1.50 bits per heavy atom. The molecule has 3 aromatic carbocycles. The molecule has 0 aromatic heterocycles. The lowest BCUT2D eigenvalue weighted by molar-refractivity contribution is -0.120. The maximum atomic E-state index is 13.5. The first-order valence-corrected chi connectivity index (χ1v) is 9.67. The summed E-state index contributed by atoms with van der Waals surface area (Å²) in [6, 6.07) is 22.1. The molecule has 0 radical (unpaired) electrons. The summed E-state index contributed by atoms with van der Waals surface area (Å²) >= 11 is 0. The zero-order chi connectivity index (χ0) is 21.3. The van der Waals surface area contributed by atoms with Crippen LogP contribution in [0.4, 0.5) is 11.4 Å². The Bertz CT molecular complexity index is 1170. The molecule has 2 amide bonds. The first kappa shape index (κ1) is 19.5. The largest absolute Gasteiger partial charge is 0.495 e. The molecule has 0 saturated carbocycles. The van der Waals surface area contributed by atoms with Gasteiger partial charge in [0.2, 0.25) is 0 Å². The number of hydrogen-bond acceptors (Lipinski definition) is 4. The Kier molecular flexibility index (Phi) is 5.11. The van der Waals surface area contributed by atoms with Gasteiger partial charge in [-0.05, 0) is 48.7 Å². The van der Waals surface area contributed by atoms with Gasteiger partial charge in [-0.25, -0.2) is 4.90 Å². The molecule has 0 bridgehead atoms. The SMILES string of the molecule is COc1ccccc1N1C(=O)C(Nc2cccc(C)c2C)=C(c2ccccc2)C1=O. The van der Waals surface area contributed by atoms with E-state index in [2.05, 4.69) is 5.32 Å². The van der Waals surface area contributed by atoms with Crippen molar-refractivity contribution in [2.24, 2.45) is 0 Å². The number of carbonyl (C=O) groups is 2. The standard InChI is InChI=1S/C25H22N2O3/c1-16-10-9-13-19(17(16)2)26-23-22(18-11-5-4-6-12-18)24(28)27(25(23)29)20-14-7-8-15-21(20)30-3/h4-15,26H,1-3H3. The minimum atomic E-state index is -0.413. The lowest BCUT2D eigenvalue weighted by Crippen LogP contribution is -2.32. The molecular weight excluding hydrogens is 376 g/mol. The first-order chi connectivity index (χ1) is 14.5. The lowest BCUT2D eigenvalue weighted by atomic mass is 10.0. The summed E-state index contributed by atoms with van der Waals surface area (Å²) in [6.07, 6.45) is 0. The van der Waals surface area contributed by atoms with Crippen molar-refractivity contribution in [1.29, 1.82) is 0 Å². The number of carbonyl (C=O) groups excluding carboxylic acids is 2. The number of ether oxygens (including phenoxy) is 1. The van der Waals surface area contributed by atoms with E-state index in [1.807, 2.05) is 62.4 Å². The van der Waals surface area contributed by atoms with E-state index >= 15 is 0 Å². The topological polar surface area (TPSA) is 58.6 Å². The molecule has 30 heavy (non-hydrogen) atoms. The number of imide groups is 1. The molecule has 1 aliphatic rings. The second-order valence-corrected chi connectivity index (χ2v) is 7.11. The number of hydrogen-bond donors (Lipinski definition) is 1. The highest BCUT2D eigenvalue weighted by atomic mass is 16.5. The van der Waals surface area contributed by atoms with E-state index in [9.17, 15) is 9.59 Å². The molecule has 0 saturated heterocycles. The lowest BCUT2D eigenvalue weighted by Gasteiger charge is -2.18. The smallest absolute Gasteiger partial charge is 0.282 e. The van der Waals surface area contributed by atoms with Crippen LogP contribution in [0.2, 0.25) is 0 Å². The highest BCUT2D eigenvalue weighted by molar-refractivity contribution is 6.46. The van der Waals surface area contributed by atoms with Crippen molar-refractivity contribution in [3.8, 4) is 5.75 Å². The third-order valence-corrected chi connectivity index (χ3v) is 5.34. The molecule has 0 spiro atoms. The minimum Gasteiger partial charge on any atom is -0.495 e. The Hall–Kier alpha value is -3.86. The average Bonchev–Trinajstić information content (AvgIpc) is 3.01. The van der Waals surface area contributed by atoms with Crippen LogP contribution in [-0.2, 0) is 9.59 Å². The molecule has 0 atom stereocenters. The van der Waals surface area contributed by atoms with Crippen LogP contribution >= 0.6 is 0 Å². The summed E-state index contributed by atoms with van der Waals surface area (Å²) in [4.78, 5) is 28.2. The van der Waals surface area contributed by atoms with Crippen LogP contribution in [0.3, 0.4) is 0 Å². The molecule has 5 nitrogen and oxygen atoms in total. The second-order valence-electron chi connectivity index (χ2n) is 7.11. The normalized spacial score (nSPS) is 13.8. The van der Waals surface area contributed by atoms with Crippen molar-refractivity contribution in [3.63, 3.8) is 0 Å². The Balaban J connectivity index is 1.86. The number of anilines is 2. The highest BCUT2D eigenvalue weighted by Crippen LogP contribution is 2.38. The number of methoxy groups -OCH3 is 1. The van der Waals surface area contributed by atoms with E-state index in [0.29, 0.717) is 22.6 Å². The number of benzene rings is 3. The molecule has 150 valence electrons. The van der Waals surface area contributed by atoms with Crippen molar-refractivity contribution in [2.75, 3.05) is 17.3 Å². The third-order valence-electron chi connectivity index (χ3n) is 5.34. The summed E-state index contributed by atoms with van der Waals surface area (Å²) < 4.78 is 5.40. The molecular formula is C25H22N2O3. The van der Waals surface area contributed by atoms with E-state index in [1.54, 1.807) is 24.3 Å². The van der Waals surface area contributed by atoms with Crippen LogP contribution in [-0.4, -0.2) is 18.9 Å². The van der Waals surface area contributed by atoms with Crippen molar-refractivity contribution >= 4 is 28.8 Å². The predicted molar refractivity (Wildman–Crippen MR) is 118 cm³/mol. The molecule has 0 aliphatic carbocycles. The van der Waals surface area contributed by atoms with Crippen molar-refractivity contribution in [3.05, 3.63) is 95.2 Å². The summed E-state index contributed by atoms with van der Waals surface area (Å²) in [5.41, 5.74) is 4.61. The van der Waals surface area contributed by atoms with Gasteiger partial charge in [-0.3, -0.25) is 9.59 Å². The van der Waals surface area contributed by atoms with Crippen LogP contribution in [0.25, 0.3) is 5.57 Å². The molecule has 1 aliphatic heterocycles. The number of aryl methyl sites for hydroxylation is 1. The Morgan fingerprint density at radius 3 is 2.23 bits per heavy atom. The fourth-order valence-corrected chi connectivity index (χ4v) is 3.57. The van der Waals surface area contributed by atoms with E-state index in [-0.39, 0.29) is 11.6 Å². The van der Waals surface area contributed by atoms with Crippen LogP contribution in [0.15, 0.2) is 78.5 Å². The Labute approximate surface area is 175 Å². The summed E-state index contributed by atoms with van der Waals surface area (Å²) in [5, 5.41) is 3.24. The number of nitrogens with one attached hydrogen (secondary N) is 1. The van der Waals surface area contributed by atoms with Crippen LogP contribution in [0, 0.1) is 13.8 Å². The average molecular weight is 398 g/mol. The third kappa shape index (κ3) is 3.24. The van der Waals surface area contributed by atoms with Crippen LogP contribution < -0.4 is 15.0 Å². The predicted octanol–water partition coefficient (Wildman–Crippen LogP) is 4.71. The van der Waals surface area contributed by atoms with Crippen LogP contribution in [0.1, 0.15) is 16.7 Å². The van der Waals surface area contributed by atoms with Crippen LogP contribution in [0.5, 0.6) is 5.75 Å². The van der Waals surface area contributed by atoms with Gasteiger partial charge < -0.3 is 10.1 Å². The van der Waals surface area contributed by atoms with Gasteiger partial charge in [0.05, 0.1) is 18.4 Å². The van der Waals surface area contributed by atoms with Gasteiger partial charge in [-0.15, -0.1) is 0 Å². The summed E-state index contributed by atoms with van der Waals surface area (Å²) in [6.45, 7) is 4.00. The summed E-state index contributed by atoms with van der Waals surface area (Å²) in [5.74, 6) is -0.340. The molecule has 1 N–H and O–H groups in total. The van der Waals surface area contributed by atoms with Gasteiger partial charge in [0.25, 0.3) is 11.8 Å². The molecule has 3 aromatic rings. The number of rotatable bonds is 5. The fourth-order valence-electron chi connectivity index (χ4n) is 3.57. The molecule has 1 heterocycles. The number of nitrogens with zero attached hydrogens (tertiary/aromatic N) is 1. The number of para-hydroxylation sites is 2.